The van der Waals surface area contributed by atoms with Gasteiger partial charge in [-0.1, -0.05) is 85.3 Å². The fourth-order valence-corrected chi connectivity index (χ4v) is 6.25. The van der Waals surface area contributed by atoms with Gasteiger partial charge in [0.1, 0.15) is 0 Å². The van der Waals surface area contributed by atoms with Gasteiger partial charge in [-0.2, -0.15) is 0 Å². The van der Waals surface area contributed by atoms with Gasteiger partial charge < -0.3 is 36.1 Å². The molecule has 0 saturated carbocycles. The van der Waals surface area contributed by atoms with Gasteiger partial charge in [0.15, 0.2) is 6.29 Å². The summed E-state index contributed by atoms with van der Waals surface area (Å²) in [6.45, 7) is 2.53. The Kier molecular flexibility index (Phi) is 13.7. The summed E-state index contributed by atoms with van der Waals surface area (Å²) < 4.78 is 13.1. The lowest BCUT2D eigenvalue weighted by Crippen LogP contribution is -2.43. The topological polar surface area (TPSA) is 146 Å². The normalized spacial score (nSPS) is 18.6. The number of nitrogens with two attached hydrogens (primary N) is 1. The number of benzene rings is 4. The van der Waals surface area contributed by atoms with Crippen molar-refractivity contribution in [1.29, 1.82) is 0 Å². The number of aliphatic hydroxyl groups excluding tert-OH is 2. The maximum absolute atomic E-state index is 12.8. The third-order valence-electron chi connectivity index (χ3n) is 9.38. The lowest BCUT2D eigenvalue weighted by molar-refractivity contribution is -0.253. The molecule has 0 unspecified atom stereocenters. The summed E-state index contributed by atoms with van der Waals surface area (Å²) in [5, 5.41) is 26.5. The number of nitrogen functional groups attached to an aromatic ring is 1. The second-order valence-corrected chi connectivity index (χ2v) is 13.3. The summed E-state index contributed by atoms with van der Waals surface area (Å²) in [5.74, 6) is -0.203. The zero-order valence-electron chi connectivity index (χ0n) is 29.4. The van der Waals surface area contributed by atoms with Crippen molar-refractivity contribution in [3.63, 3.8) is 0 Å². The van der Waals surface area contributed by atoms with Gasteiger partial charge in [-0.25, -0.2) is 0 Å². The average molecular weight is 695 g/mol. The number of ether oxygens (including phenoxy) is 2. The molecule has 51 heavy (non-hydrogen) atoms. The van der Waals surface area contributed by atoms with Crippen molar-refractivity contribution in [2.24, 2.45) is 0 Å². The molecule has 10 heteroatoms. The third-order valence-corrected chi connectivity index (χ3v) is 9.38. The Hall–Kier alpha value is -4.58. The molecule has 0 bridgehead atoms. The Morgan fingerprint density at radius 3 is 2.24 bits per heavy atom. The summed E-state index contributed by atoms with van der Waals surface area (Å²) in [7, 11) is 1.99. The molecule has 1 aliphatic heterocycles. The first-order chi connectivity index (χ1) is 24.7. The van der Waals surface area contributed by atoms with Crippen molar-refractivity contribution in [2.75, 3.05) is 30.0 Å². The van der Waals surface area contributed by atoms with E-state index in [4.69, 9.17) is 15.2 Å². The molecule has 0 aromatic heterocycles. The summed E-state index contributed by atoms with van der Waals surface area (Å²) in [5.41, 5.74) is 11.1. The number of unbranched alkanes of at least 4 members (excludes halogenated alkanes) is 2. The predicted molar refractivity (Wildman–Crippen MR) is 200 cm³/mol. The number of anilines is 3. The number of nitrogens with one attached hydrogen (secondary N) is 2. The van der Waals surface area contributed by atoms with Crippen LogP contribution in [0, 0.1) is 0 Å². The van der Waals surface area contributed by atoms with Crippen LogP contribution in [0.4, 0.5) is 17.1 Å². The number of carbonyl (C=O) groups excluding carboxylic acids is 2. The average Bonchev–Trinajstić information content (AvgIpc) is 3.15. The zero-order chi connectivity index (χ0) is 36.2. The lowest BCUT2D eigenvalue weighted by atomic mass is 9.98. The molecular formula is C41H50N4O6. The molecule has 4 aromatic rings. The van der Waals surface area contributed by atoms with E-state index >= 15 is 0 Å². The summed E-state index contributed by atoms with van der Waals surface area (Å²) in [6.07, 6.45) is 1.53. The molecule has 0 radical (unpaired) electrons. The van der Waals surface area contributed by atoms with E-state index in [-0.39, 0.29) is 36.7 Å². The first kappa shape index (κ1) is 37.7. The monoisotopic (exact) mass is 694 g/mol. The molecule has 0 aliphatic carbocycles. The molecule has 10 nitrogen and oxygen atoms in total. The molecule has 2 amide bonds. The van der Waals surface area contributed by atoms with Gasteiger partial charge in [0.25, 0.3) is 0 Å². The van der Waals surface area contributed by atoms with Gasteiger partial charge in [-0.15, -0.1) is 0 Å². The molecule has 1 saturated heterocycles. The lowest BCUT2D eigenvalue weighted by Gasteiger charge is -2.39. The Morgan fingerprint density at radius 1 is 0.843 bits per heavy atom. The van der Waals surface area contributed by atoms with Crippen molar-refractivity contribution < 1.29 is 29.3 Å². The van der Waals surface area contributed by atoms with Crippen LogP contribution in [0.5, 0.6) is 0 Å². The molecular weight excluding hydrogens is 644 g/mol. The highest BCUT2D eigenvalue weighted by Crippen LogP contribution is 2.39. The van der Waals surface area contributed by atoms with E-state index in [2.05, 4.69) is 15.5 Å². The standard InChI is InChI=1S/C41H50N4O6/c1-28(40(49)31-12-5-3-6-13-31)45(2)26-34-25-37(30-22-20-29(27-46)21-23-30)51-41(50-34)32-14-11-15-33(24-32)43-38(47)18-7-4-8-19-39(48)44-36-17-10-9-16-35(36)42/h3,5-6,9-17,20-24,28,34,37,40-41,46,49H,4,7-8,18-19,25-27,42H2,1-2H3,(H,43,47)(H,44,48)/t28-,34-,37+,40-,41+/m1/s1. The first-order valence-corrected chi connectivity index (χ1v) is 17.7. The van der Waals surface area contributed by atoms with Crippen LogP contribution < -0.4 is 16.4 Å². The molecule has 5 rings (SSSR count). The van der Waals surface area contributed by atoms with Crippen LogP contribution in [0.15, 0.2) is 103 Å². The van der Waals surface area contributed by atoms with E-state index in [1.807, 2.05) is 105 Å². The Balaban J connectivity index is 1.17. The minimum atomic E-state index is -0.691. The van der Waals surface area contributed by atoms with Gasteiger partial charge in [0.2, 0.25) is 11.8 Å². The van der Waals surface area contributed by atoms with Crippen LogP contribution in [-0.4, -0.2) is 52.7 Å². The van der Waals surface area contributed by atoms with Crippen LogP contribution in [0.3, 0.4) is 0 Å². The summed E-state index contributed by atoms with van der Waals surface area (Å²) in [6, 6.07) is 31.9. The van der Waals surface area contributed by atoms with E-state index in [0.29, 0.717) is 55.7 Å². The fraction of sp³-hybridized carbons (Fsp3) is 0.366. The number of nitrogens with zero attached hydrogens (tertiary/aromatic N) is 1. The maximum Gasteiger partial charge on any atom is 0.224 e. The number of hydrogen-bond acceptors (Lipinski definition) is 8. The van der Waals surface area contributed by atoms with Crippen molar-refractivity contribution in [1.82, 2.24) is 4.90 Å². The minimum Gasteiger partial charge on any atom is -0.397 e. The van der Waals surface area contributed by atoms with Gasteiger partial charge in [0, 0.05) is 43.1 Å². The van der Waals surface area contributed by atoms with Crippen LogP contribution in [0.2, 0.25) is 0 Å². The van der Waals surface area contributed by atoms with E-state index in [9.17, 15) is 19.8 Å². The highest BCUT2D eigenvalue weighted by molar-refractivity contribution is 5.93. The van der Waals surface area contributed by atoms with E-state index < -0.39 is 12.4 Å². The summed E-state index contributed by atoms with van der Waals surface area (Å²) in [4.78, 5) is 27.2. The number of aliphatic hydroxyl groups is 2. The van der Waals surface area contributed by atoms with Gasteiger partial charge in [0.05, 0.1) is 36.3 Å². The largest absolute Gasteiger partial charge is 0.397 e. The minimum absolute atomic E-state index is 0.0348. The van der Waals surface area contributed by atoms with Crippen LogP contribution in [-0.2, 0) is 25.7 Å². The summed E-state index contributed by atoms with van der Waals surface area (Å²) >= 11 is 0. The van der Waals surface area contributed by atoms with Crippen LogP contribution in [0.25, 0.3) is 0 Å². The molecule has 0 spiro atoms. The number of likely N-dealkylation sites (N-methyl/N-ethyl adjacent to an activating group) is 1. The van der Waals surface area contributed by atoms with Gasteiger partial charge >= 0.3 is 0 Å². The molecule has 1 aliphatic rings. The van der Waals surface area contributed by atoms with Gasteiger partial charge in [-0.3, -0.25) is 14.5 Å². The number of amides is 2. The van der Waals surface area contributed by atoms with E-state index in [0.717, 1.165) is 28.7 Å². The van der Waals surface area contributed by atoms with Crippen LogP contribution >= 0.6 is 0 Å². The Labute approximate surface area is 300 Å². The second-order valence-electron chi connectivity index (χ2n) is 13.3. The molecule has 4 aromatic carbocycles. The SMILES string of the molecule is C[C@H]([C@@H](O)c1ccccc1)N(C)C[C@H]1C[C@@H](c2ccc(CO)cc2)O[C@@H](c2cccc(NC(=O)CCCCCC(=O)Nc3ccccc3N)c2)O1. The molecule has 6 N–H and O–H groups in total. The Bertz CT molecular complexity index is 1700. The Morgan fingerprint density at radius 2 is 1.53 bits per heavy atom. The van der Waals surface area contributed by atoms with Crippen molar-refractivity contribution in [3.05, 3.63) is 125 Å². The van der Waals surface area contributed by atoms with Gasteiger partial charge in [-0.05, 0) is 67.8 Å². The smallest absolute Gasteiger partial charge is 0.224 e. The number of carbonyl (C=O) groups is 2. The number of rotatable bonds is 16. The van der Waals surface area contributed by atoms with Crippen molar-refractivity contribution in [3.8, 4) is 0 Å². The molecule has 1 fully saturated rings. The quantitative estimate of drug-likeness (QED) is 0.0630. The second kappa shape index (κ2) is 18.6. The number of para-hydroxylation sites is 2. The highest BCUT2D eigenvalue weighted by Gasteiger charge is 2.34. The highest BCUT2D eigenvalue weighted by atomic mass is 16.7. The molecule has 1 heterocycles. The first-order valence-electron chi connectivity index (χ1n) is 17.7. The zero-order valence-corrected chi connectivity index (χ0v) is 29.4. The molecule has 270 valence electrons. The van der Waals surface area contributed by atoms with Crippen molar-refractivity contribution >= 4 is 28.9 Å². The maximum atomic E-state index is 12.8. The van der Waals surface area contributed by atoms with E-state index in [1.165, 1.54) is 0 Å². The number of hydrogen-bond donors (Lipinski definition) is 5. The third kappa shape index (κ3) is 11.0. The predicted octanol–water partition coefficient (Wildman–Crippen LogP) is 6.89. The van der Waals surface area contributed by atoms with E-state index in [1.54, 1.807) is 12.1 Å². The van der Waals surface area contributed by atoms with Crippen LogP contribution in [0.1, 0.15) is 86.2 Å². The fourth-order valence-electron chi connectivity index (χ4n) is 6.25. The molecule has 5 atom stereocenters. The van der Waals surface area contributed by atoms with Crippen molar-refractivity contribution in [2.45, 2.75) is 82.7 Å².